The van der Waals surface area contributed by atoms with Crippen molar-refractivity contribution in [3.63, 3.8) is 0 Å². The molecule has 2 heterocycles. The highest BCUT2D eigenvalue weighted by Gasteiger charge is 2.14. The molecule has 5 nitrogen and oxygen atoms in total. The first-order chi connectivity index (χ1) is 13.6. The van der Waals surface area contributed by atoms with Crippen molar-refractivity contribution in [3.05, 3.63) is 76.3 Å². The number of aromatic nitrogens is 1. The van der Waals surface area contributed by atoms with Gasteiger partial charge in [-0.2, -0.15) is 0 Å². The van der Waals surface area contributed by atoms with Gasteiger partial charge in [0.15, 0.2) is 11.5 Å². The van der Waals surface area contributed by atoms with Crippen LogP contribution in [0.2, 0.25) is 0 Å². The van der Waals surface area contributed by atoms with Gasteiger partial charge in [0.05, 0.1) is 27.3 Å². The Morgan fingerprint density at radius 3 is 2.57 bits per heavy atom. The summed E-state index contributed by atoms with van der Waals surface area (Å²) in [6, 6.07) is 13.7. The highest BCUT2D eigenvalue weighted by molar-refractivity contribution is 7.09. The Labute approximate surface area is 169 Å². The first-order valence-electron chi connectivity index (χ1n) is 8.92. The van der Waals surface area contributed by atoms with Crippen LogP contribution in [-0.4, -0.2) is 29.6 Å². The molecule has 2 aromatic heterocycles. The number of aryl methyl sites for hydroxylation is 1. The second kappa shape index (κ2) is 9.28. The summed E-state index contributed by atoms with van der Waals surface area (Å²) in [6.07, 6.45) is 5.40. The van der Waals surface area contributed by atoms with Gasteiger partial charge in [0.25, 0.3) is 0 Å². The Kier molecular flexibility index (Phi) is 6.55. The smallest absolute Gasteiger partial charge is 0.247 e. The van der Waals surface area contributed by atoms with E-state index in [1.807, 2.05) is 70.6 Å². The fourth-order valence-corrected chi connectivity index (χ4v) is 3.61. The molecule has 1 amide bonds. The zero-order valence-electron chi connectivity index (χ0n) is 16.3. The van der Waals surface area contributed by atoms with E-state index in [0.29, 0.717) is 24.6 Å². The maximum Gasteiger partial charge on any atom is 0.247 e. The molecule has 3 aromatic rings. The van der Waals surface area contributed by atoms with E-state index in [1.54, 1.807) is 37.7 Å². The fraction of sp³-hybridized carbons (Fsp3) is 0.227. The molecule has 1 aromatic carbocycles. The fourth-order valence-electron chi connectivity index (χ4n) is 2.89. The van der Waals surface area contributed by atoms with E-state index in [4.69, 9.17) is 9.47 Å². The third-order valence-electron chi connectivity index (χ3n) is 4.47. The van der Waals surface area contributed by atoms with Gasteiger partial charge < -0.3 is 18.9 Å². The van der Waals surface area contributed by atoms with E-state index in [-0.39, 0.29) is 5.91 Å². The van der Waals surface area contributed by atoms with Crippen LogP contribution in [0, 0.1) is 0 Å². The standard InChI is InChI=1S/C22H24N2O3S/c1-23-12-4-6-18(23)15-24(16-19-7-5-13-28-19)22(25)11-9-17-8-10-20(26-2)21(14-17)27-3/h4-14H,15-16H2,1-3H3/b11-9+. The minimum absolute atomic E-state index is 0.0376. The van der Waals surface area contributed by atoms with Crippen LogP contribution in [0.25, 0.3) is 6.08 Å². The monoisotopic (exact) mass is 396 g/mol. The number of amides is 1. The van der Waals surface area contributed by atoms with E-state index in [9.17, 15) is 4.79 Å². The predicted octanol–water partition coefficient (Wildman–Crippen LogP) is 4.35. The molecule has 3 rings (SSSR count). The lowest BCUT2D eigenvalue weighted by atomic mass is 10.2. The average molecular weight is 397 g/mol. The second-order valence-electron chi connectivity index (χ2n) is 6.33. The molecule has 0 N–H and O–H groups in total. The lowest BCUT2D eigenvalue weighted by molar-refractivity contribution is -0.127. The second-order valence-corrected chi connectivity index (χ2v) is 7.36. The molecule has 28 heavy (non-hydrogen) atoms. The van der Waals surface area contributed by atoms with Crippen molar-refractivity contribution < 1.29 is 14.3 Å². The van der Waals surface area contributed by atoms with Crippen molar-refractivity contribution in [2.45, 2.75) is 13.1 Å². The van der Waals surface area contributed by atoms with Gasteiger partial charge in [-0.3, -0.25) is 4.79 Å². The molecule has 6 heteroatoms. The van der Waals surface area contributed by atoms with Gasteiger partial charge in [0.1, 0.15) is 0 Å². The molecule has 0 aliphatic heterocycles. The van der Waals surface area contributed by atoms with E-state index in [0.717, 1.165) is 16.1 Å². The summed E-state index contributed by atoms with van der Waals surface area (Å²) in [5, 5.41) is 2.03. The first-order valence-corrected chi connectivity index (χ1v) is 9.80. The zero-order chi connectivity index (χ0) is 19.9. The van der Waals surface area contributed by atoms with Crippen molar-refractivity contribution in [2.75, 3.05) is 14.2 Å². The van der Waals surface area contributed by atoms with E-state index in [1.165, 1.54) is 0 Å². The summed E-state index contributed by atoms with van der Waals surface area (Å²) in [5.41, 5.74) is 1.96. The van der Waals surface area contributed by atoms with Crippen molar-refractivity contribution in [3.8, 4) is 11.5 Å². The van der Waals surface area contributed by atoms with Crippen LogP contribution in [0.15, 0.2) is 60.1 Å². The topological polar surface area (TPSA) is 43.7 Å². The molecular weight excluding hydrogens is 372 g/mol. The number of thiophene rings is 1. The number of carbonyl (C=O) groups is 1. The highest BCUT2D eigenvalue weighted by Crippen LogP contribution is 2.28. The Hall–Kier alpha value is -2.99. The summed E-state index contributed by atoms with van der Waals surface area (Å²) in [6.45, 7) is 1.13. The van der Waals surface area contributed by atoms with Gasteiger partial charge in [0.2, 0.25) is 5.91 Å². The lowest BCUT2D eigenvalue weighted by Crippen LogP contribution is -2.29. The van der Waals surface area contributed by atoms with E-state index in [2.05, 4.69) is 0 Å². The molecule has 0 aliphatic carbocycles. The van der Waals surface area contributed by atoms with Crippen LogP contribution >= 0.6 is 11.3 Å². The molecule has 0 fully saturated rings. The van der Waals surface area contributed by atoms with Crippen LogP contribution in [-0.2, 0) is 24.9 Å². The third-order valence-corrected chi connectivity index (χ3v) is 5.33. The number of benzene rings is 1. The van der Waals surface area contributed by atoms with Crippen LogP contribution in [0.5, 0.6) is 11.5 Å². The van der Waals surface area contributed by atoms with Gasteiger partial charge in [-0.25, -0.2) is 0 Å². The largest absolute Gasteiger partial charge is 0.493 e. The molecule has 0 saturated heterocycles. The van der Waals surface area contributed by atoms with Crippen LogP contribution < -0.4 is 9.47 Å². The van der Waals surface area contributed by atoms with Crippen molar-refractivity contribution in [2.24, 2.45) is 7.05 Å². The van der Waals surface area contributed by atoms with Crippen LogP contribution in [0.4, 0.5) is 0 Å². The summed E-state index contributed by atoms with van der Waals surface area (Å²) < 4.78 is 12.6. The molecular formula is C22H24N2O3S. The first kappa shape index (κ1) is 19.8. The highest BCUT2D eigenvalue weighted by atomic mass is 32.1. The van der Waals surface area contributed by atoms with Gasteiger partial charge >= 0.3 is 0 Å². The number of hydrogen-bond donors (Lipinski definition) is 0. The summed E-state index contributed by atoms with van der Waals surface area (Å²) in [4.78, 5) is 15.9. The summed E-state index contributed by atoms with van der Waals surface area (Å²) in [5.74, 6) is 1.26. The number of carbonyl (C=O) groups excluding carboxylic acids is 1. The maximum absolute atomic E-state index is 12.9. The minimum Gasteiger partial charge on any atom is -0.493 e. The SMILES string of the molecule is COc1ccc(/C=C/C(=O)N(Cc2cccs2)Cc2cccn2C)cc1OC. The Bertz CT molecular complexity index is 945. The number of methoxy groups -OCH3 is 2. The molecule has 0 saturated carbocycles. The molecule has 0 radical (unpaired) electrons. The number of rotatable bonds is 8. The summed E-state index contributed by atoms with van der Waals surface area (Å²) >= 11 is 1.65. The average Bonchev–Trinajstić information content (AvgIpc) is 3.37. The maximum atomic E-state index is 12.9. The quantitative estimate of drug-likeness (QED) is 0.532. The van der Waals surface area contributed by atoms with Crippen molar-refractivity contribution in [1.29, 1.82) is 0 Å². The van der Waals surface area contributed by atoms with Crippen LogP contribution in [0.1, 0.15) is 16.1 Å². The molecule has 0 unspecified atom stereocenters. The van der Waals surface area contributed by atoms with Crippen LogP contribution in [0.3, 0.4) is 0 Å². The number of nitrogens with zero attached hydrogens (tertiary/aromatic N) is 2. The molecule has 0 atom stereocenters. The Morgan fingerprint density at radius 2 is 1.93 bits per heavy atom. The normalized spacial score (nSPS) is 11.0. The number of hydrogen-bond acceptors (Lipinski definition) is 4. The molecule has 146 valence electrons. The molecule has 0 spiro atoms. The number of ether oxygens (including phenoxy) is 2. The van der Waals surface area contributed by atoms with Crippen molar-refractivity contribution in [1.82, 2.24) is 9.47 Å². The molecule has 0 aliphatic rings. The minimum atomic E-state index is -0.0376. The van der Waals surface area contributed by atoms with Gasteiger partial charge in [-0.05, 0) is 47.4 Å². The lowest BCUT2D eigenvalue weighted by Gasteiger charge is -2.21. The van der Waals surface area contributed by atoms with Gasteiger partial charge in [-0.1, -0.05) is 12.1 Å². The Morgan fingerprint density at radius 1 is 1.11 bits per heavy atom. The predicted molar refractivity (Wildman–Crippen MR) is 113 cm³/mol. The van der Waals surface area contributed by atoms with Gasteiger partial charge in [0, 0.05) is 29.9 Å². The zero-order valence-corrected chi connectivity index (χ0v) is 17.1. The summed E-state index contributed by atoms with van der Waals surface area (Å²) in [7, 11) is 5.19. The van der Waals surface area contributed by atoms with E-state index < -0.39 is 0 Å². The Balaban J connectivity index is 1.78. The van der Waals surface area contributed by atoms with E-state index >= 15 is 0 Å². The van der Waals surface area contributed by atoms with Gasteiger partial charge in [-0.15, -0.1) is 11.3 Å². The third kappa shape index (κ3) is 4.84. The van der Waals surface area contributed by atoms with Crippen molar-refractivity contribution >= 4 is 23.3 Å². The molecule has 0 bridgehead atoms.